The SMILES string of the molecule is CN(C)CCC(O)(c1ccccc1)c1cc(Br)cc2cc(Cc3ccccc3)c(N(C)C)nc12. The molecule has 3 aromatic carbocycles. The van der Waals surface area contributed by atoms with Crippen molar-refractivity contribution >= 4 is 32.7 Å². The number of anilines is 1. The normalized spacial score (nSPS) is 13.3. The summed E-state index contributed by atoms with van der Waals surface area (Å²) in [6, 6.07) is 26.7. The van der Waals surface area contributed by atoms with Crippen LogP contribution in [0.1, 0.15) is 28.7 Å². The van der Waals surface area contributed by atoms with E-state index in [1.165, 1.54) is 5.56 Å². The molecule has 0 radical (unpaired) electrons. The quantitative estimate of drug-likeness (QED) is 0.318. The van der Waals surface area contributed by atoms with Crippen LogP contribution in [-0.2, 0) is 12.0 Å². The Kier molecular flexibility index (Phi) is 7.36. The van der Waals surface area contributed by atoms with Crippen LogP contribution in [0, 0.1) is 0 Å². The molecular weight excluding hydrogens is 486 g/mol. The fraction of sp³-hybridized carbons (Fsp3) is 0.276. The van der Waals surface area contributed by atoms with Gasteiger partial charge in [0.05, 0.1) is 5.52 Å². The van der Waals surface area contributed by atoms with E-state index in [1.807, 2.05) is 70.7 Å². The fourth-order valence-corrected chi connectivity index (χ4v) is 4.94. The number of pyridine rings is 1. The molecule has 0 spiro atoms. The molecule has 0 saturated carbocycles. The van der Waals surface area contributed by atoms with Gasteiger partial charge in [0.15, 0.2) is 0 Å². The first-order chi connectivity index (χ1) is 16.3. The van der Waals surface area contributed by atoms with Crippen LogP contribution in [0.3, 0.4) is 0 Å². The summed E-state index contributed by atoms with van der Waals surface area (Å²) < 4.78 is 0.930. The second kappa shape index (κ2) is 10.3. The Morgan fingerprint density at radius 2 is 1.53 bits per heavy atom. The number of benzene rings is 3. The zero-order valence-electron chi connectivity index (χ0n) is 20.3. The van der Waals surface area contributed by atoms with Crippen molar-refractivity contribution in [3.63, 3.8) is 0 Å². The third-order valence-electron chi connectivity index (χ3n) is 6.22. The predicted octanol–water partition coefficient (Wildman–Crippen LogP) is 5.84. The summed E-state index contributed by atoms with van der Waals surface area (Å²) in [5.74, 6) is 0.919. The summed E-state index contributed by atoms with van der Waals surface area (Å²) in [7, 11) is 8.11. The highest BCUT2D eigenvalue weighted by atomic mass is 79.9. The van der Waals surface area contributed by atoms with Crippen LogP contribution in [0.4, 0.5) is 5.82 Å². The number of halogens is 1. The summed E-state index contributed by atoms with van der Waals surface area (Å²) in [5.41, 5.74) is 3.74. The van der Waals surface area contributed by atoms with Gasteiger partial charge in [-0.2, -0.15) is 0 Å². The van der Waals surface area contributed by atoms with Gasteiger partial charge in [-0.15, -0.1) is 0 Å². The molecule has 0 aliphatic rings. The lowest BCUT2D eigenvalue weighted by molar-refractivity contribution is 0.0641. The second-order valence-electron chi connectivity index (χ2n) is 9.33. The Morgan fingerprint density at radius 3 is 2.15 bits per heavy atom. The summed E-state index contributed by atoms with van der Waals surface area (Å²) in [4.78, 5) is 9.32. The lowest BCUT2D eigenvalue weighted by Crippen LogP contribution is -2.32. The van der Waals surface area contributed by atoms with Crippen molar-refractivity contribution < 1.29 is 5.11 Å². The largest absolute Gasteiger partial charge is 0.380 e. The maximum atomic E-state index is 12.3. The third-order valence-corrected chi connectivity index (χ3v) is 6.68. The topological polar surface area (TPSA) is 39.6 Å². The van der Waals surface area contributed by atoms with E-state index >= 15 is 0 Å². The van der Waals surface area contributed by atoms with Gasteiger partial charge in [0.2, 0.25) is 0 Å². The number of aromatic nitrogens is 1. The van der Waals surface area contributed by atoms with E-state index < -0.39 is 5.60 Å². The Hall–Kier alpha value is -2.73. The van der Waals surface area contributed by atoms with E-state index in [9.17, 15) is 5.11 Å². The lowest BCUT2D eigenvalue weighted by atomic mass is 9.82. The standard InChI is InChI=1S/C29H32BrN3O/c1-32(2)16-15-29(34,24-13-9-6-10-14-24)26-20-25(30)19-22-18-23(17-21-11-7-5-8-12-21)28(33(3)4)31-27(22)26/h5-14,18-20,34H,15-17H2,1-4H3. The van der Waals surface area contributed by atoms with E-state index in [0.717, 1.165) is 50.8 Å². The molecular formula is C29H32BrN3O. The number of rotatable bonds is 8. The van der Waals surface area contributed by atoms with Crippen LogP contribution < -0.4 is 4.90 Å². The van der Waals surface area contributed by atoms with Gasteiger partial charge in [0, 0.05) is 42.5 Å². The Labute approximate surface area is 211 Å². The highest BCUT2D eigenvalue weighted by Gasteiger charge is 2.34. The van der Waals surface area contributed by atoms with E-state index in [4.69, 9.17) is 4.98 Å². The second-order valence-corrected chi connectivity index (χ2v) is 10.2. The van der Waals surface area contributed by atoms with Crippen LogP contribution in [0.25, 0.3) is 10.9 Å². The molecule has 5 heteroatoms. The summed E-state index contributed by atoms with van der Waals surface area (Å²) in [6.45, 7) is 0.742. The lowest BCUT2D eigenvalue weighted by Gasteiger charge is -2.32. The monoisotopic (exact) mass is 517 g/mol. The average Bonchev–Trinajstić information content (AvgIpc) is 2.82. The number of nitrogens with zero attached hydrogens (tertiary/aromatic N) is 3. The summed E-state index contributed by atoms with van der Waals surface area (Å²) in [6.07, 6.45) is 1.35. The molecule has 34 heavy (non-hydrogen) atoms. The molecule has 1 aromatic heterocycles. The predicted molar refractivity (Wildman–Crippen MR) is 146 cm³/mol. The number of aliphatic hydroxyl groups is 1. The van der Waals surface area contributed by atoms with Gasteiger partial charge >= 0.3 is 0 Å². The zero-order chi connectivity index (χ0) is 24.3. The molecule has 4 nitrogen and oxygen atoms in total. The minimum atomic E-state index is -1.18. The van der Waals surface area contributed by atoms with E-state index in [2.05, 4.69) is 62.1 Å². The minimum Gasteiger partial charge on any atom is -0.380 e. The molecule has 1 N–H and O–H groups in total. The number of fused-ring (bicyclic) bond motifs is 1. The first-order valence-electron chi connectivity index (χ1n) is 11.6. The molecule has 4 aromatic rings. The zero-order valence-corrected chi connectivity index (χ0v) is 21.9. The molecule has 176 valence electrons. The molecule has 1 heterocycles. The van der Waals surface area contributed by atoms with Crippen molar-refractivity contribution in [1.82, 2.24) is 9.88 Å². The van der Waals surface area contributed by atoms with Crippen LogP contribution in [0.5, 0.6) is 0 Å². The van der Waals surface area contributed by atoms with E-state index in [0.29, 0.717) is 6.42 Å². The van der Waals surface area contributed by atoms with Gasteiger partial charge in [0.1, 0.15) is 11.4 Å². The van der Waals surface area contributed by atoms with E-state index in [-0.39, 0.29) is 0 Å². The van der Waals surface area contributed by atoms with Crippen molar-refractivity contribution in [3.05, 3.63) is 106 Å². The first kappa shape index (κ1) is 24.4. The highest BCUT2D eigenvalue weighted by molar-refractivity contribution is 9.10. The molecule has 0 amide bonds. The van der Waals surface area contributed by atoms with Crippen LogP contribution in [0.2, 0.25) is 0 Å². The molecule has 0 aliphatic heterocycles. The Bertz CT molecular complexity index is 1260. The third kappa shape index (κ3) is 5.17. The van der Waals surface area contributed by atoms with Crippen LogP contribution in [-0.4, -0.2) is 49.7 Å². The van der Waals surface area contributed by atoms with Gasteiger partial charge < -0.3 is 14.9 Å². The van der Waals surface area contributed by atoms with Gasteiger partial charge in [-0.05, 0) is 55.4 Å². The molecule has 1 unspecified atom stereocenters. The summed E-state index contributed by atoms with van der Waals surface area (Å²) >= 11 is 3.71. The van der Waals surface area contributed by atoms with Crippen LogP contribution >= 0.6 is 15.9 Å². The molecule has 1 atom stereocenters. The molecule has 4 rings (SSSR count). The van der Waals surface area contributed by atoms with Crippen molar-refractivity contribution in [2.75, 3.05) is 39.6 Å². The number of hydrogen-bond acceptors (Lipinski definition) is 4. The Balaban J connectivity index is 1.93. The molecule has 0 saturated heterocycles. The minimum absolute atomic E-state index is 0.556. The van der Waals surface area contributed by atoms with Crippen molar-refractivity contribution in [3.8, 4) is 0 Å². The smallest absolute Gasteiger partial charge is 0.132 e. The van der Waals surface area contributed by atoms with Crippen molar-refractivity contribution in [2.45, 2.75) is 18.4 Å². The fourth-order valence-electron chi connectivity index (χ4n) is 4.47. The first-order valence-corrected chi connectivity index (χ1v) is 12.3. The van der Waals surface area contributed by atoms with Gasteiger partial charge in [-0.3, -0.25) is 0 Å². The highest BCUT2D eigenvalue weighted by Crippen LogP contribution is 2.40. The van der Waals surface area contributed by atoms with Gasteiger partial charge in [-0.1, -0.05) is 76.6 Å². The van der Waals surface area contributed by atoms with Gasteiger partial charge in [-0.25, -0.2) is 4.98 Å². The maximum absolute atomic E-state index is 12.3. The Morgan fingerprint density at radius 1 is 0.882 bits per heavy atom. The van der Waals surface area contributed by atoms with E-state index in [1.54, 1.807) is 0 Å². The molecule has 0 aliphatic carbocycles. The summed E-state index contributed by atoms with van der Waals surface area (Å²) in [5, 5.41) is 13.3. The molecule has 0 bridgehead atoms. The molecule has 0 fully saturated rings. The van der Waals surface area contributed by atoms with Crippen LogP contribution in [0.15, 0.2) is 83.3 Å². The number of hydrogen-bond donors (Lipinski definition) is 1. The van der Waals surface area contributed by atoms with Crippen molar-refractivity contribution in [2.24, 2.45) is 0 Å². The van der Waals surface area contributed by atoms with Crippen molar-refractivity contribution in [1.29, 1.82) is 0 Å². The average molecular weight is 518 g/mol. The maximum Gasteiger partial charge on any atom is 0.132 e. The van der Waals surface area contributed by atoms with Gasteiger partial charge in [0.25, 0.3) is 0 Å².